The number of fused-ring (bicyclic) bond motifs is 1. The van der Waals surface area contributed by atoms with E-state index in [0.29, 0.717) is 0 Å². The van der Waals surface area contributed by atoms with Gasteiger partial charge in [-0.25, -0.2) is 21.8 Å². The summed E-state index contributed by atoms with van der Waals surface area (Å²) >= 11 is 0. The molecule has 0 unspecified atom stereocenters. The number of aryl methyl sites for hydroxylation is 1. The van der Waals surface area contributed by atoms with Crippen molar-refractivity contribution in [1.29, 1.82) is 0 Å². The quantitative estimate of drug-likeness (QED) is 0.355. The van der Waals surface area contributed by atoms with Crippen molar-refractivity contribution in [3.05, 3.63) is 78.9 Å². The van der Waals surface area contributed by atoms with Crippen LogP contribution in [0.4, 0.5) is 0 Å². The van der Waals surface area contributed by atoms with Crippen LogP contribution in [0.3, 0.4) is 0 Å². The summed E-state index contributed by atoms with van der Waals surface area (Å²) in [6.07, 6.45) is 5.73. The van der Waals surface area contributed by atoms with Crippen molar-refractivity contribution in [3.63, 3.8) is 0 Å². The maximum atomic E-state index is 4.09. The molecule has 0 saturated carbocycles. The van der Waals surface area contributed by atoms with E-state index in [0.717, 1.165) is 5.69 Å². The van der Waals surface area contributed by atoms with Gasteiger partial charge in [-0.3, -0.25) is 0 Å². The van der Waals surface area contributed by atoms with Crippen LogP contribution in [0.1, 0.15) is 18.9 Å². The van der Waals surface area contributed by atoms with Crippen LogP contribution < -0.4 is 24.8 Å². The molecule has 0 bridgehead atoms. The van der Waals surface area contributed by atoms with Crippen molar-refractivity contribution >= 4 is 10.8 Å². The minimum absolute atomic E-state index is 0. The van der Waals surface area contributed by atoms with Gasteiger partial charge in [-0.05, 0) is 5.69 Å². The average molecular weight is 452 g/mol. The first-order chi connectivity index (χ1) is 10.9. The van der Waals surface area contributed by atoms with Crippen LogP contribution in [0.15, 0.2) is 73.3 Å². The Morgan fingerprint density at radius 2 is 1.80 bits per heavy atom. The molecular formula is C19H19Cl2N3Zr. The van der Waals surface area contributed by atoms with Crippen LogP contribution in [-0.2, 0) is 32.6 Å². The van der Waals surface area contributed by atoms with Gasteiger partial charge in [0.1, 0.15) is 12.7 Å². The monoisotopic (exact) mass is 449 g/mol. The fourth-order valence-corrected chi connectivity index (χ4v) is 2.48. The number of hydrogen-bond acceptors (Lipinski definition) is 2. The molecule has 0 radical (unpaired) electrons. The van der Waals surface area contributed by atoms with Gasteiger partial charge in [0.2, 0.25) is 0 Å². The zero-order valence-electron chi connectivity index (χ0n) is 13.9. The fourth-order valence-electron chi connectivity index (χ4n) is 2.48. The van der Waals surface area contributed by atoms with Crippen molar-refractivity contribution in [3.8, 4) is 5.69 Å². The first-order valence-electron chi connectivity index (χ1n) is 7.58. The largest absolute Gasteiger partial charge is 4.00 e. The average Bonchev–Trinajstić information content (AvgIpc) is 3.29. The molecule has 0 aliphatic carbocycles. The molecule has 0 spiro atoms. The summed E-state index contributed by atoms with van der Waals surface area (Å²) in [4.78, 5) is 3.92. The maximum Gasteiger partial charge on any atom is 4.00 e. The van der Waals surface area contributed by atoms with E-state index in [1.807, 2.05) is 12.1 Å². The topological polar surface area (TPSA) is 30.7 Å². The Morgan fingerprint density at radius 3 is 2.40 bits per heavy atom. The predicted octanol–water partition coefficient (Wildman–Crippen LogP) is -1.50. The second kappa shape index (κ2) is 12.2. The second-order valence-electron chi connectivity index (χ2n) is 5.23. The van der Waals surface area contributed by atoms with Crippen LogP contribution in [0.25, 0.3) is 16.5 Å². The van der Waals surface area contributed by atoms with Crippen molar-refractivity contribution < 1.29 is 51.0 Å². The molecule has 6 heteroatoms. The van der Waals surface area contributed by atoms with E-state index in [1.165, 1.54) is 35.5 Å². The van der Waals surface area contributed by atoms with Crippen LogP contribution >= 0.6 is 0 Å². The summed E-state index contributed by atoms with van der Waals surface area (Å²) in [6, 6.07) is 21.0. The Hall–Kier alpha value is -1.22. The van der Waals surface area contributed by atoms with Gasteiger partial charge in [-0.2, -0.15) is 22.8 Å². The Bertz CT molecular complexity index is 775. The van der Waals surface area contributed by atoms with E-state index in [4.69, 9.17) is 0 Å². The molecule has 3 nitrogen and oxygen atoms in total. The second-order valence-corrected chi connectivity index (χ2v) is 5.23. The SMILES string of the molecule is CCC[c-]1cccc1.[Cl-].[Cl-].[Zr+4].c1ccc2[cH-]c(-n3cncn3)cc2c1. The summed E-state index contributed by atoms with van der Waals surface area (Å²) in [6.45, 7) is 2.20. The van der Waals surface area contributed by atoms with E-state index in [-0.39, 0.29) is 51.0 Å². The summed E-state index contributed by atoms with van der Waals surface area (Å²) < 4.78 is 1.76. The molecule has 4 aromatic rings. The molecule has 25 heavy (non-hydrogen) atoms. The number of rotatable bonds is 3. The molecule has 4 rings (SSSR count). The molecule has 0 aliphatic heterocycles. The molecule has 128 valence electrons. The summed E-state index contributed by atoms with van der Waals surface area (Å²) in [7, 11) is 0. The third-order valence-corrected chi connectivity index (χ3v) is 3.56. The normalized spacial score (nSPS) is 9.16. The minimum Gasteiger partial charge on any atom is -1.00 e. The molecule has 0 amide bonds. The number of hydrogen-bond donors (Lipinski definition) is 0. The van der Waals surface area contributed by atoms with Crippen LogP contribution in [0, 0.1) is 0 Å². The van der Waals surface area contributed by atoms with Crippen molar-refractivity contribution in [2.45, 2.75) is 19.8 Å². The number of halogens is 2. The predicted molar refractivity (Wildman–Crippen MR) is 90.5 cm³/mol. The van der Waals surface area contributed by atoms with E-state index >= 15 is 0 Å². The molecule has 1 aromatic heterocycles. The molecule has 3 aromatic carbocycles. The van der Waals surface area contributed by atoms with Crippen LogP contribution in [0.5, 0.6) is 0 Å². The maximum absolute atomic E-state index is 4.09. The van der Waals surface area contributed by atoms with E-state index in [2.05, 4.69) is 65.5 Å². The van der Waals surface area contributed by atoms with Crippen LogP contribution in [0.2, 0.25) is 0 Å². The molecule has 0 fully saturated rings. The zero-order valence-corrected chi connectivity index (χ0v) is 17.9. The Balaban J connectivity index is 0.000000462. The molecule has 1 heterocycles. The standard InChI is InChI=1S/C11H8N3.C8H11.2ClH.Zr/c1-2-4-10-6-11(5-9(10)3-1)14-8-12-7-13-14;1-2-5-8-6-3-4-7-8;;;/h1-8H;3-4,6-7H,2,5H2,1H3;2*1H;/q2*-1;;;+4/p-2. The zero-order chi connectivity index (χ0) is 15.2. The Kier molecular flexibility index (Phi) is 11.6. The molecule has 0 aliphatic rings. The van der Waals surface area contributed by atoms with Gasteiger partial charge >= 0.3 is 26.2 Å². The van der Waals surface area contributed by atoms with Crippen molar-refractivity contribution in [2.24, 2.45) is 0 Å². The van der Waals surface area contributed by atoms with Gasteiger partial charge in [-0.15, -0.1) is 41.1 Å². The van der Waals surface area contributed by atoms with Gasteiger partial charge < -0.3 is 24.8 Å². The van der Waals surface area contributed by atoms with E-state index < -0.39 is 0 Å². The summed E-state index contributed by atoms with van der Waals surface area (Å²) in [5.74, 6) is 0. The molecule has 0 atom stereocenters. The van der Waals surface area contributed by atoms with Gasteiger partial charge in [0, 0.05) is 0 Å². The number of benzene rings is 1. The number of nitrogens with zero attached hydrogens (tertiary/aromatic N) is 3. The third-order valence-electron chi connectivity index (χ3n) is 3.56. The van der Waals surface area contributed by atoms with Crippen LogP contribution in [-0.4, -0.2) is 14.8 Å². The fraction of sp³-hybridized carbons (Fsp3) is 0.158. The first-order valence-corrected chi connectivity index (χ1v) is 7.58. The van der Waals surface area contributed by atoms with Crippen molar-refractivity contribution in [2.75, 3.05) is 0 Å². The van der Waals surface area contributed by atoms with Gasteiger partial charge in [-0.1, -0.05) is 25.8 Å². The van der Waals surface area contributed by atoms with E-state index in [1.54, 1.807) is 11.0 Å². The Labute approximate surface area is 180 Å². The van der Waals surface area contributed by atoms with Gasteiger partial charge in [0.25, 0.3) is 0 Å². The molecule has 0 N–H and O–H groups in total. The summed E-state index contributed by atoms with van der Waals surface area (Å²) in [5, 5.41) is 6.56. The van der Waals surface area contributed by atoms with Gasteiger partial charge in [0.05, 0.1) is 0 Å². The minimum atomic E-state index is 0. The Morgan fingerprint density at radius 1 is 1.08 bits per heavy atom. The third kappa shape index (κ3) is 6.54. The van der Waals surface area contributed by atoms with E-state index in [9.17, 15) is 0 Å². The number of aromatic nitrogens is 3. The van der Waals surface area contributed by atoms with Crippen molar-refractivity contribution in [1.82, 2.24) is 14.8 Å². The summed E-state index contributed by atoms with van der Waals surface area (Å²) in [5.41, 5.74) is 2.52. The molecular weight excluding hydrogens is 432 g/mol. The van der Waals surface area contributed by atoms with Gasteiger partial charge in [0.15, 0.2) is 0 Å². The first kappa shape index (κ1) is 23.8. The smallest absolute Gasteiger partial charge is 1.00 e. The molecule has 0 saturated heterocycles.